The van der Waals surface area contributed by atoms with E-state index in [0.29, 0.717) is 17.7 Å². The molecule has 23 heavy (non-hydrogen) atoms. The van der Waals surface area contributed by atoms with Gasteiger partial charge in [-0.15, -0.1) is 0 Å². The monoisotopic (exact) mass is 334 g/mol. The van der Waals surface area contributed by atoms with E-state index in [1.807, 2.05) is 0 Å². The second kappa shape index (κ2) is 5.43. The number of aromatic carboxylic acids is 1. The summed E-state index contributed by atoms with van der Waals surface area (Å²) in [5.74, 6) is -1.17. The summed E-state index contributed by atoms with van der Waals surface area (Å²) in [5, 5.41) is 16.6. The zero-order valence-corrected chi connectivity index (χ0v) is 13.0. The lowest BCUT2D eigenvalue weighted by molar-refractivity contribution is 0.0685. The largest absolute Gasteiger partial charge is 0.477 e. The Bertz CT molecular complexity index is 987. The van der Waals surface area contributed by atoms with Crippen LogP contribution in [0.1, 0.15) is 17.4 Å². The molecule has 2 heterocycles. The number of carboxylic acids is 1. The van der Waals surface area contributed by atoms with Gasteiger partial charge in [0, 0.05) is 18.1 Å². The van der Waals surface area contributed by atoms with E-state index in [2.05, 4.69) is 14.9 Å². The lowest BCUT2D eigenvalue weighted by atomic mass is 10.2. The summed E-state index contributed by atoms with van der Waals surface area (Å²) < 4.78 is 28.7. The van der Waals surface area contributed by atoms with E-state index in [1.54, 1.807) is 31.3 Å². The minimum absolute atomic E-state index is 0.0723. The number of aromatic amines is 1. The molecular weight excluding hydrogens is 320 g/mol. The summed E-state index contributed by atoms with van der Waals surface area (Å²) in [6, 6.07) is 6.11. The summed E-state index contributed by atoms with van der Waals surface area (Å²) in [5.41, 5.74) is 0.988. The Labute approximate surface area is 131 Å². The first-order valence-corrected chi connectivity index (χ1v) is 8.28. The third kappa shape index (κ3) is 2.78. The number of sulfonamides is 1. The first kappa shape index (κ1) is 15.1. The van der Waals surface area contributed by atoms with Crippen molar-refractivity contribution < 1.29 is 18.3 Å². The minimum Gasteiger partial charge on any atom is -0.477 e. The van der Waals surface area contributed by atoms with Gasteiger partial charge in [-0.1, -0.05) is 0 Å². The number of carbonyl (C=O) groups is 1. The number of H-pyrrole nitrogens is 1. The number of benzene rings is 1. The number of nitrogens with one attached hydrogen (secondary N) is 2. The molecule has 0 fully saturated rings. The van der Waals surface area contributed by atoms with Crippen LogP contribution < -0.4 is 4.72 Å². The first-order chi connectivity index (χ1) is 10.9. The first-order valence-electron chi connectivity index (χ1n) is 6.80. The highest BCUT2D eigenvalue weighted by atomic mass is 32.2. The molecule has 0 bridgehead atoms. The van der Waals surface area contributed by atoms with Gasteiger partial charge in [0.05, 0.1) is 17.4 Å². The molecule has 2 aromatic heterocycles. The molecule has 0 aliphatic rings. The van der Waals surface area contributed by atoms with Crippen LogP contribution in [0.15, 0.2) is 41.6 Å². The maximum absolute atomic E-state index is 12.4. The van der Waals surface area contributed by atoms with Crippen molar-refractivity contribution in [1.82, 2.24) is 14.8 Å². The molecule has 0 unspecified atom stereocenters. The van der Waals surface area contributed by atoms with E-state index in [-0.39, 0.29) is 10.6 Å². The number of aromatic nitrogens is 3. The second-order valence-corrected chi connectivity index (χ2v) is 6.61. The van der Waals surface area contributed by atoms with Gasteiger partial charge in [0.1, 0.15) is 10.6 Å². The van der Waals surface area contributed by atoms with Crippen LogP contribution in [-0.4, -0.2) is 34.3 Å². The van der Waals surface area contributed by atoms with Crippen LogP contribution in [0.3, 0.4) is 0 Å². The number of anilines is 1. The van der Waals surface area contributed by atoms with Gasteiger partial charge in [0.25, 0.3) is 10.0 Å². The molecule has 1 aromatic carbocycles. The number of hydrogen-bond donors (Lipinski definition) is 3. The van der Waals surface area contributed by atoms with Crippen LogP contribution in [0.4, 0.5) is 5.69 Å². The molecule has 0 atom stereocenters. The van der Waals surface area contributed by atoms with Gasteiger partial charge in [-0.05, 0) is 31.2 Å². The highest BCUT2D eigenvalue weighted by Gasteiger charge is 2.21. The molecule has 3 rings (SSSR count). The maximum atomic E-state index is 12.4. The Hall–Kier alpha value is -2.81. The van der Waals surface area contributed by atoms with Crippen LogP contribution in [-0.2, 0) is 16.6 Å². The predicted octanol–water partition coefficient (Wildman–Crippen LogP) is 1.88. The fourth-order valence-electron chi connectivity index (χ4n) is 2.29. The van der Waals surface area contributed by atoms with Crippen molar-refractivity contribution in [1.29, 1.82) is 0 Å². The maximum Gasteiger partial charge on any atom is 0.352 e. The number of aryl methyl sites for hydroxylation is 1. The van der Waals surface area contributed by atoms with Gasteiger partial charge in [-0.3, -0.25) is 9.82 Å². The van der Waals surface area contributed by atoms with E-state index in [9.17, 15) is 13.2 Å². The van der Waals surface area contributed by atoms with E-state index in [0.717, 1.165) is 11.5 Å². The van der Waals surface area contributed by atoms with Gasteiger partial charge in [0.2, 0.25) is 0 Å². The lowest BCUT2D eigenvalue weighted by Gasteiger charge is -2.06. The molecule has 120 valence electrons. The molecule has 0 spiro atoms. The van der Waals surface area contributed by atoms with Crippen molar-refractivity contribution in [3.63, 3.8) is 0 Å². The van der Waals surface area contributed by atoms with E-state index < -0.39 is 16.0 Å². The molecule has 3 N–H and O–H groups in total. The minimum atomic E-state index is -3.88. The van der Waals surface area contributed by atoms with Gasteiger partial charge in [-0.25, -0.2) is 13.2 Å². The number of rotatable bonds is 5. The average Bonchev–Trinajstić information content (AvgIpc) is 3.12. The summed E-state index contributed by atoms with van der Waals surface area (Å²) in [6.07, 6.45) is 2.94. The standard InChI is InChI=1S/C14H14N4O4S/c1-2-18-8-11(6-13(18)14(19)20)23(21,22)17-10-4-3-9-7-15-16-12(9)5-10/h3-8,17H,2H2,1H3,(H,15,16)(H,19,20). The second-order valence-electron chi connectivity index (χ2n) is 4.93. The van der Waals surface area contributed by atoms with Crippen molar-refractivity contribution in [2.75, 3.05) is 4.72 Å². The number of carboxylic acid groups (broad SMARTS) is 1. The molecule has 0 amide bonds. The summed E-state index contributed by atoms with van der Waals surface area (Å²) in [6.45, 7) is 2.10. The topological polar surface area (TPSA) is 117 Å². The fraction of sp³-hybridized carbons (Fsp3) is 0.143. The van der Waals surface area contributed by atoms with Gasteiger partial charge < -0.3 is 9.67 Å². The summed E-state index contributed by atoms with van der Waals surface area (Å²) in [7, 11) is -3.88. The molecule has 8 nitrogen and oxygen atoms in total. The SMILES string of the molecule is CCn1cc(S(=O)(=O)Nc2ccc3cn[nH]c3c2)cc1C(=O)O. The van der Waals surface area contributed by atoms with E-state index in [4.69, 9.17) is 5.11 Å². The number of fused-ring (bicyclic) bond motifs is 1. The van der Waals surface area contributed by atoms with Crippen LogP contribution in [0.2, 0.25) is 0 Å². The van der Waals surface area contributed by atoms with Crippen molar-refractivity contribution in [3.8, 4) is 0 Å². The Morgan fingerprint density at radius 2 is 2.17 bits per heavy atom. The molecule has 0 saturated heterocycles. The smallest absolute Gasteiger partial charge is 0.352 e. The zero-order valence-electron chi connectivity index (χ0n) is 12.1. The molecule has 0 aliphatic heterocycles. The quantitative estimate of drug-likeness (QED) is 0.658. The van der Waals surface area contributed by atoms with Gasteiger partial charge in [0.15, 0.2) is 0 Å². The molecule has 0 radical (unpaired) electrons. The third-order valence-electron chi connectivity index (χ3n) is 3.44. The van der Waals surface area contributed by atoms with Gasteiger partial charge in [-0.2, -0.15) is 5.10 Å². The molecule has 0 aliphatic carbocycles. The van der Waals surface area contributed by atoms with Crippen LogP contribution in [0.5, 0.6) is 0 Å². The van der Waals surface area contributed by atoms with Crippen molar-refractivity contribution in [2.24, 2.45) is 0 Å². The fourth-order valence-corrected chi connectivity index (χ4v) is 3.37. The highest BCUT2D eigenvalue weighted by Crippen LogP contribution is 2.21. The number of hydrogen-bond acceptors (Lipinski definition) is 4. The zero-order chi connectivity index (χ0) is 16.6. The summed E-state index contributed by atoms with van der Waals surface area (Å²) in [4.78, 5) is 11.1. The predicted molar refractivity (Wildman–Crippen MR) is 84.0 cm³/mol. The van der Waals surface area contributed by atoms with Gasteiger partial charge >= 0.3 is 5.97 Å². The Kier molecular flexibility index (Phi) is 3.57. The van der Waals surface area contributed by atoms with Crippen molar-refractivity contribution >= 4 is 32.6 Å². The highest BCUT2D eigenvalue weighted by molar-refractivity contribution is 7.92. The molecule has 0 saturated carbocycles. The van der Waals surface area contributed by atoms with E-state index in [1.165, 1.54) is 10.8 Å². The summed E-state index contributed by atoms with van der Waals surface area (Å²) >= 11 is 0. The van der Waals surface area contributed by atoms with Crippen molar-refractivity contribution in [2.45, 2.75) is 18.4 Å². The van der Waals surface area contributed by atoms with Crippen LogP contribution in [0, 0.1) is 0 Å². The lowest BCUT2D eigenvalue weighted by Crippen LogP contribution is -2.12. The molecule has 3 aromatic rings. The van der Waals surface area contributed by atoms with Crippen LogP contribution in [0.25, 0.3) is 10.9 Å². The van der Waals surface area contributed by atoms with Crippen molar-refractivity contribution in [3.05, 3.63) is 42.4 Å². The third-order valence-corrected chi connectivity index (χ3v) is 4.78. The Morgan fingerprint density at radius 3 is 2.83 bits per heavy atom. The number of nitrogens with zero attached hydrogens (tertiary/aromatic N) is 2. The Morgan fingerprint density at radius 1 is 1.39 bits per heavy atom. The normalized spacial score (nSPS) is 11.7. The van der Waals surface area contributed by atoms with Crippen LogP contribution >= 0.6 is 0 Å². The molecular formula is C14H14N4O4S. The average molecular weight is 334 g/mol. The Balaban J connectivity index is 1.96. The van der Waals surface area contributed by atoms with E-state index >= 15 is 0 Å². The molecule has 9 heteroatoms.